The summed E-state index contributed by atoms with van der Waals surface area (Å²) < 4.78 is 30.0. The van der Waals surface area contributed by atoms with Gasteiger partial charge in [0.15, 0.2) is 4.77 Å². The number of hydrogen-bond acceptors (Lipinski definition) is 3. The van der Waals surface area contributed by atoms with Gasteiger partial charge in [-0.3, -0.25) is 9.89 Å². The van der Waals surface area contributed by atoms with Crippen LogP contribution in [0.5, 0.6) is 0 Å². The van der Waals surface area contributed by atoms with E-state index < -0.39 is 11.6 Å². The summed E-state index contributed by atoms with van der Waals surface area (Å²) in [6.45, 7) is 4.41. The predicted octanol–water partition coefficient (Wildman–Crippen LogP) is 3.26. The molecule has 8 heteroatoms. The number of aromatic amines is 1. The Bertz CT molecular complexity index is 825. The molecule has 1 heterocycles. The standard InChI is InChI=1S/C17H20F2N4OS/c1-9(2)23-14(21-22-17(23)25)6-7-20-16(24)11-8-10(11)15-12(18)4-3-5-13(15)19/h3-5,9-11H,6-8H2,1-2H3,(H,20,24)(H,22,25)/t10-,11-/m1/s1. The Balaban J connectivity index is 1.56. The first-order valence-electron chi connectivity index (χ1n) is 8.27. The molecule has 0 bridgehead atoms. The Morgan fingerprint density at radius 1 is 1.44 bits per heavy atom. The van der Waals surface area contributed by atoms with E-state index in [9.17, 15) is 13.6 Å². The summed E-state index contributed by atoms with van der Waals surface area (Å²) in [5, 5.41) is 9.75. The third-order valence-corrected chi connectivity index (χ3v) is 4.73. The van der Waals surface area contributed by atoms with Crippen LogP contribution in [0.3, 0.4) is 0 Å². The fourth-order valence-corrected chi connectivity index (χ4v) is 3.51. The van der Waals surface area contributed by atoms with Crippen molar-refractivity contribution in [2.75, 3.05) is 6.54 Å². The van der Waals surface area contributed by atoms with Crippen molar-refractivity contribution in [3.05, 3.63) is 46.0 Å². The lowest BCUT2D eigenvalue weighted by Crippen LogP contribution is -2.28. The molecule has 0 saturated heterocycles. The molecule has 1 amide bonds. The van der Waals surface area contributed by atoms with Gasteiger partial charge in [0.05, 0.1) is 0 Å². The monoisotopic (exact) mass is 366 g/mol. The number of nitrogens with one attached hydrogen (secondary N) is 2. The Morgan fingerprint density at radius 3 is 2.76 bits per heavy atom. The smallest absolute Gasteiger partial charge is 0.223 e. The minimum absolute atomic E-state index is 0.0170. The summed E-state index contributed by atoms with van der Waals surface area (Å²) in [6.07, 6.45) is 0.997. The maximum atomic E-state index is 13.8. The van der Waals surface area contributed by atoms with E-state index in [1.165, 1.54) is 18.2 Å². The van der Waals surface area contributed by atoms with Gasteiger partial charge in [0, 0.05) is 36.4 Å². The molecule has 0 spiro atoms. The molecule has 0 aliphatic heterocycles. The van der Waals surface area contributed by atoms with Gasteiger partial charge in [0.1, 0.15) is 17.5 Å². The van der Waals surface area contributed by atoms with Crippen LogP contribution in [0.25, 0.3) is 0 Å². The quantitative estimate of drug-likeness (QED) is 0.772. The molecule has 2 aromatic rings. The number of carbonyl (C=O) groups is 1. The van der Waals surface area contributed by atoms with Gasteiger partial charge in [-0.2, -0.15) is 5.10 Å². The Labute approximate surface area is 149 Å². The van der Waals surface area contributed by atoms with E-state index in [1.807, 2.05) is 18.4 Å². The molecule has 2 N–H and O–H groups in total. The first kappa shape index (κ1) is 17.7. The maximum Gasteiger partial charge on any atom is 0.223 e. The molecule has 25 heavy (non-hydrogen) atoms. The summed E-state index contributed by atoms with van der Waals surface area (Å²) in [4.78, 5) is 12.2. The van der Waals surface area contributed by atoms with Crippen LogP contribution >= 0.6 is 12.2 Å². The number of aromatic nitrogens is 3. The summed E-state index contributed by atoms with van der Waals surface area (Å²) in [7, 11) is 0. The maximum absolute atomic E-state index is 13.8. The molecular formula is C17H20F2N4OS. The molecule has 0 radical (unpaired) electrons. The molecule has 1 aliphatic rings. The van der Waals surface area contributed by atoms with Gasteiger partial charge >= 0.3 is 0 Å². The number of H-pyrrole nitrogens is 1. The lowest BCUT2D eigenvalue weighted by Gasteiger charge is -2.10. The molecule has 3 rings (SSSR count). The number of hydrogen-bond donors (Lipinski definition) is 2. The minimum Gasteiger partial charge on any atom is -0.355 e. The summed E-state index contributed by atoms with van der Waals surface area (Å²) in [5.74, 6) is -1.35. The first-order chi connectivity index (χ1) is 11.9. The largest absolute Gasteiger partial charge is 0.355 e. The normalized spacial score (nSPS) is 19.2. The minimum atomic E-state index is -0.590. The van der Waals surface area contributed by atoms with Crippen LogP contribution in [-0.2, 0) is 11.2 Å². The zero-order valence-corrected chi connectivity index (χ0v) is 14.9. The van der Waals surface area contributed by atoms with Crippen LogP contribution in [0.15, 0.2) is 18.2 Å². The number of halogens is 2. The lowest BCUT2D eigenvalue weighted by atomic mass is 10.1. The highest BCUT2D eigenvalue weighted by Gasteiger charge is 2.46. The summed E-state index contributed by atoms with van der Waals surface area (Å²) >= 11 is 5.18. The molecule has 2 atom stereocenters. The van der Waals surface area contributed by atoms with Crippen molar-refractivity contribution in [1.82, 2.24) is 20.1 Å². The Morgan fingerprint density at radius 2 is 2.12 bits per heavy atom. The first-order valence-corrected chi connectivity index (χ1v) is 8.68. The van der Waals surface area contributed by atoms with E-state index in [0.29, 0.717) is 24.2 Å². The zero-order valence-electron chi connectivity index (χ0n) is 14.1. The van der Waals surface area contributed by atoms with Gasteiger partial charge in [-0.15, -0.1) is 0 Å². The van der Waals surface area contributed by atoms with Crippen LogP contribution in [0, 0.1) is 22.3 Å². The number of benzene rings is 1. The second-order valence-corrected chi connectivity index (χ2v) is 6.92. The number of amides is 1. The topological polar surface area (TPSA) is 62.7 Å². The molecular weight excluding hydrogens is 346 g/mol. The van der Waals surface area contributed by atoms with Crippen molar-refractivity contribution in [2.24, 2.45) is 5.92 Å². The molecule has 1 aromatic heterocycles. The molecule has 1 saturated carbocycles. The number of carbonyl (C=O) groups excluding carboxylic acids is 1. The molecule has 0 unspecified atom stereocenters. The number of nitrogens with zero attached hydrogens (tertiary/aromatic N) is 2. The summed E-state index contributed by atoms with van der Waals surface area (Å²) in [5.41, 5.74) is 0.0170. The van der Waals surface area contributed by atoms with Crippen LogP contribution in [-0.4, -0.2) is 27.2 Å². The van der Waals surface area contributed by atoms with E-state index >= 15 is 0 Å². The second kappa shape index (κ2) is 7.03. The molecule has 134 valence electrons. The van der Waals surface area contributed by atoms with Gasteiger partial charge in [-0.25, -0.2) is 8.78 Å². The van der Waals surface area contributed by atoms with E-state index in [4.69, 9.17) is 12.2 Å². The van der Waals surface area contributed by atoms with Crippen LogP contribution in [0.2, 0.25) is 0 Å². The van der Waals surface area contributed by atoms with Gasteiger partial charge in [-0.1, -0.05) is 6.07 Å². The van der Waals surface area contributed by atoms with Crippen LogP contribution in [0.4, 0.5) is 8.78 Å². The zero-order chi connectivity index (χ0) is 18.1. The van der Waals surface area contributed by atoms with Crippen molar-refractivity contribution in [3.63, 3.8) is 0 Å². The van der Waals surface area contributed by atoms with E-state index in [1.54, 1.807) is 0 Å². The fourth-order valence-electron chi connectivity index (χ4n) is 3.14. The van der Waals surface area contributed by atoms with E-state index in [0.717, 1.165) is 5.82 Å². The highest BCUT2D eigenvalue weighted by atomic mass is 32.1. The van der Waals surface area contributed by atoms with E-state index in [2.05, 4.69) is 15.5 Å². The highest BCUT2D eigenvalue weighted by Crippen LogP contribution is 2.49. The fraction of sp³-hybridized carbons (Fsp3) is 0.471. The third-order valence-electron chi connectivity index (χ3n) is 4.44. The Kier molecular flexibility index (Phi) is 4.99. The predicted molar refractivity (Wildman–Crippen MR) is 91.7 cm³/mol. The van der Waals surface area contributed by atoms with Gasteiger partial charge < -0.3 is 9.88 Å². The van der Waals surface area contributed by atoms with Crippen molar-refractivity contribution in [3.8, 4) is 0 Å². The van der Waals surface area contributed by atoms with Gasteiger partial charge in [0.2, 0.25) is 5.91 Å². The lowest BCUT2D eigenvalue weighted by molar-refractivity contribution is -0.122. The van der Waals surface area contributed by atoms with Crippen molar-refractivity contribution in [1.29, 1.82) is 0 Å². The number of rotatable bonds is 6. The average Bonchev–Trinajstić information content (AvgIpc) is 3.23. The molecule has 1 fully saturated rings. The van der Waals surface area contributed by atoms with Crippen molar-refractivity contribution < 1.29 is 13.6 Å². The van der Waals surface area contributed by atoms with Crippen LogP contribution < -0.4 is 5.32 Å². The van der Waals surface area contributed by atoms with Gasteiger partial charge in [-0.05, 0) is 44.6 Å². The summed E-state index contributed by atoms with van der Waals surface area (Å²) in [6, 6.07) is 3.95. The van der Waals surface area contributed by atoms with Crippen LogP contribution in [0.1, 0.15) is 43.6 Å². The van der Waals surface area contributed by atoms with Crippen molar-refractivity contribution >= 4 is 18.1 Å². The van der Waals surface area contributed by atoms with E-state index in [-0.39, 0.29) is 29.3 Å². The Hall–Kier alpha value is -2.09. The molecule has 5 nitrogen and oxygen atoms in total. The molecule has 1 aliphatic carbocycles. The van der Waals surface area contributed by atoms with Crippen molar-refractivity contribution in [2.45, 2.75) is 38.6 Å². The average molecular weight is 366 g/mol. The third kappa shape index (κ3) is 3.63. The second-order valence-electron chi connectivity index (χ2n) is 6.53. The molecule has 1 aromatic carbocycles. The van der Waals surface area contributed by atoms with Gasteiger partial charge in [0.25, 0.3) is 0 Å². The highest BCUT2D eigenvalue weighted by molar-refractivity contribution is 7.71. The SMILES string of the molecule is CC(C)n1c(CCNC(=O)[C@@H]2C[C@H]2c2c(F)cccc2F)n[nH]c1=S.